The van der Waals surface area contributed by atoms with Crippen molar-refractivity contribution in [3.05, 3.63) is 22.1 Å². The van der Waals surface area contributed by atoms with E-state index in [1.165, 1.54) is 12.8 Å². The smallest absolute Gasteiger partial charge is 0.266 e. The standard InChI is InChI=1S/C11H19N3O/c1-8(2)10-6-11(15)14(13-10)7-9-4-3-5-12-9/h6,8-9,12-13H,3-5,7H2,1-2H3. The molecule has 4 nitrogen and oxygen atoms in total. The second kappa shape index (κ2) is 4.23. The number of nitrogens with zero attached hydrogens (tertiary/aromatic N) is 1. The molecule has 1 aliphatic rings. The summed E-state index contributed by atoms with van der Waals surface area (Å²) in [4.78, 5) is 11.6. The molecule has 1 atom stereocenters. The summed E-state index contributed by atoms with van der Waals surface area (Å²) < 4.78 is 1.72. The normalized spacial score (nSPS) is 21.4. The molecule has 2 N–H and O–H groups in total. The fraction of sp³-hybridized carbons (Fsp3) is 0.727. The molecule has 0 aromatic carbocycles. The van der Waals surface area contributed by atoms with Crippen LogP contribution in [0.15, 0.2) is 10.9 Å². The zero-order chi connectivity index (χ0) is 10.8. The lowest BCUT2D eigenvalue weighted by Crippen LogP contribution is -2.31. The Kier molecular flexibility index (Phi) is 2.95. The Morgan fingerprint density at radius 1 is 1.60 bits per heavy atom. The molecule has 0 bridgehead atoms. The number of aromatic amines is 1. The molecule has 0 aliphatic carbocycles. The van der Waals surface area contributed by atoms with Crippen molar-refractivity contribution >= 4 is 0 Å². The van der Waals surface area contributed by atoms with Crippen LogP contribution >= 0.6 is 0 Å². The van der Waals surface area contributed by atoms with Crippen LogP contribution in [-0.2, 0) is 6.54 Å². The van der Waals surface area contributed by atoms with Gasteiger partial charge in [-0.15, -0.1) is 0 Å². The molecule has 4 heteroatoms. The predicted molar refractivity (Wildman–Crippen MR) is 60.2 cm³/mol. The molecule has 1 saturated heterocycles. The van der Waals surface area contributed by atoms with E-state index in [9.17, 15) is 4.79 Å². The van der Waals surface area contributed by atoms with Gasteiger partial charge in [0.1, 0.15) is 0 Å². The fourth-order valence-electron chi connectivity index (χ4n) is 2.02. The van der Waals surface area contributed by atoms with Crippen LogP contribution in [0.4, 0.5) is 0 Å². The van der Waals surface area contributed by atoms with Crippen LogP contribution in [0.3, 0.4) is 0 Å². The molecule has 15 heavy (non-hydrogen) atoms. The average molecular weight is 209 g/mol. The molecule has 1 unspecified atom stereocenters. The molecule has 2 heterocycles. The maximum Gasteiger partial charge on any atom is 0.266 e. The molecular formula is C11H19N3O. The summed E-state index contributed by atoms with van der Waals surface area (Å²) in [7, 11) is 0. The van der Waals surface area contributed by atoms with Gasteiger partial charge in [0.2, 0.25) is 0 Å². The lowest BCUT2D eigenvalue weighted by molar-refractivity contribution is 0.463. The largest absolute Gasteiger partial charge is 0.312 e. The lowest BCUT2D eigenvalue weighted by atomic mass is 10.1. The second-order valence-corrected chi connectivity index (χ2v) is 4.61. The molecule has 0 spiro atoms. The molecule has 2 rings (SSSR count). The fourth-order valence-corrected chi connectivity index (χ4v) is 2.02. The van der Waals surface area contributed by atoms with E-state index in [0.29, 0.717) is 12.0 Å². The van der Waals surface area contributed by atoms with Gasteiger partial charge in [0.15, 0.2) is 0 Å². The van der Waals surface area contributed by atoms with Gasteiger partial charge in [-0.3, -0.25) is 14.6 Å². The summed E-state index contributed by atoms with van der Waals surface area (Å²) in [6, 6.07) is 2.17. The van der Waals surface area contributed by atoms with Gasteiger partial charge < -0.3 is 5.32 Å². The molecular weight excluding hydrogens is 190 g/mol. The van der Waals surface area contributed by atoms with Gasteiger partial charge in [0.05, 0.1) is 6.54 Å². The average Bonchev–Trinajstić information content (AvgIpc) is 2.77. The number of hydrogen-bond acceptors (Lipinski definition) is 2. The van der Waals surface area contributed by atoms with Crippen molar-refractivity contribution in [2.24, 2.45) is 0 Å². The molecule has 0 radical (unpaired) electrons. The lowest BCUT2D eigenvalue weighted by Gasteiger charge is -2.10. The Morgan fingerprint density at radius 3 is 2.93 bits per heavy atom. The van der Waals surface area contributed by atoms with Crippen molar-refractivity contribution in [2.75, 3.05) is 6.54 Å². The highest BCUT2D eigenvalue weighted by Crippen LogP contribution is 2.10. The summed E-state index contributed by atoms with van der Waals surface area (Å²) in [6.45, 7) is 6.02. The van der Waals surface area contributed by atoms with E-state index in [0.717, 1.165) is 18.8 Å². The van der Waals surface area contributed by atoms with E-state index in [2.05, 4.69) is 24.3 Å². The first-order valence-electron chi connectivity index (χ1n) is 5.70. The summed E-state index contributed by atoms with van der Waals surface area (Å²) in [5, 5.41) is 6.56. The van der Waals surface area contributed by atoms with E-state index >= 15 is 0 Å². The highest BCUT2D eigenvalue weighted by molar-refractivity contribution is 5.04. The van der Waals surface area contributed by atoms with Crippen LogP contribution in [0.25, 0.3) is 0 Å². The third-order valence-electron chi connectivity index (χ3n) is 3.00. The van der Waals surface area contributed by atoms with Crippen LogP contribution < -0.4 is 10.9 Å². The molecule has 1 aliphatic heterocycles. The Balaban J connectivity index is 2.10. The maximum absolute atomic E-state index is 11.6. The first kappa shape index (κ1) is 10.5. The molecule has 0 saturated carbocycles. The number of hydrogen-bond donors (Lipinski definition) is 2. The zero-order valence-electron chi connectivity index (χ0n) is 9.42. The minimum absolute atomic E-state index is 0.0902. The third-order valence-corrected chi connectivity index (χ3v) is 3.00. The topological polar surface area (TPSA) is 49.8 Å². The minimum atomic E-state index is 0.0902. The van der Waals surface area contributed by atoms with Crippen LogP contribution in [-0.4, -0.2) is 22.4 Å². The van der Waals surface area contributed by atoms with E-state index in [4.69, 9.17) is 0 Å². The summed E-state index contributed by atoms with van der Waals surface area (Å²) in [5.74, 6) is 0.385. The Labute approximate surface area is 89.7 Å². The van der Waals surface area contributed by atoms with E-state index in [-0.39, 0.29) is 5.56 Å². The molecule has 1 fully saturated rings. The van der Waals surface area contributed by atoms with E-state index < -0.39 is 0 Å². The van der Waals surface area contributed by atoms with Crippen LogP contribution in [0.1, 0.15) is 38.3 Å². The number of nitrogens with one attached hydrogen (secondary N) is 2. The third kappa shape index (κ3) is 2.31. The number of aromatic nitrogens is 2. The number of rotatable bonds is 3. The Hall–Kier alpha value is -1.03. The van der Waals surface area contributed by atoms with Crippen molar-refractivity contribution in [2.45, 2.75) is 45.2 Å². The molecule has 1 aromatic rings. The summed E-state index contributed by atoms with van der Waals surface area (Å²) in [6.07, 6.45) is 2.39. The highest BCUT2D eigenvalue weighted by Gasteiger charge is 2.16. The zero-order valence-corrected chi connectivity index (χ0v) is 9.42. The van der Waals surface area contributed by atoms with Gasteiger partial charge in [-0.05, 0) is 25.3 Å². The Bertz CT molecular complexity index is 371. The van der Waals surface area contributed by atoms with Gasteiger partial charge in [-0.1, -0.05) is 13.8 Å². The maximum atomic E-state index is 11.6. The highest BCUT2D eigenvalue weighted by atomic mass is 16.1. The quantitative estimate of drug-likeness (QED) is 0.782. The van der Waals surface area contributed by atoms with Gasteiger partial charge in [-0.2, -0.15) is 0 Å². The monoisotopic (exact) mass is 209 g/mol. The van der Waals surface area contributed by atoms with Crippen molar-refractivity contribution < 1.29 is 0 Å². The Morgan fingerprint density at radius 2 is 2.40 bits per heavy atom. The van der Waals surface area contributed by atoms with Crippen molar-refractivity contribution in [1.82, 2.24) is 15.1 Å². The minimum Gasteiger partial charge on any atom is -0.312 e. The van der Waals surface area contributed by atoms with Gasteiger partial charge in [0.25, 0.3) is 5.56 Å². The van der Waals surface area contributed by atoms with Crippen molar-refractivity contribution in [3.8, 4) is 0 Å². The first-order valence-corrected chi connectivity index (χ1v) is 5.70. The van der Waals surface area contributed by atoms with Gasteiger partial charge >= 0.3 is 0 Å². The van der Waals surface area contributed by atoms with Crippen LogP contribution in [0.5, 0.6) is 0 Å². The molecule has 1 aromatic heterocycles. The van der Waals surface area contributed by atoms with E-state index in [1.54, 1.807) is 10.7 Å². The van der Waals surface area contributed by atoms with Crippen LogP contribution in [0.2, 0.25) is 0 Å². The van der Waals surface area contributed by atoms with Crippen molar-refractivity contribution in [1.29, 1.82) is 0 Å². The van der Waals surface area contributed by atoms with Crippen molar-refractivity contribution in [3.63, 3.8) is 0 Å². The molecule has 0 amide bonds. The molecule has 84 valence electrons. The SMILES string of the molecule is CC(C)c1cc(=O)n(CC2CCCN2)[nH]1. The summed E-state index contributed by atoms with van der Waals surface area (Å²) >= 11 is 0. The number of H-pyrrole nitrogens is 1. The van der Waals surface area contributed by atoms with Gasteiger partial charge in [-0.25, -0.2) is 0 Å². The first-order chi connectivity index (χ1) is 7.16. The van der Waals surface area contributed by atoms with Crippen LogP contribution in [0, 0.1) is 0 Å². The second-order valence-electron chi connectivity index (χ2n) is 4.61. The van der Waals surface area contributed by atoms with Gasteiger partial charge in [0, 0.05) is 17.8 Å². The summed E-state index contributed by atoms with van der Waals surface area (Å²) in [5.41, 5.74) is 1.12. The predicted octanol–water partition coefficient (Wildman–Crippen LogP) is 1.05. The van der Waals surface area contributed by atoms with E-state index in [1.807, 2.05) is 0 Å².